The maximum absolute atomic E-state index is 13.2. The molecule has 1 saturated carbocycles. The minimum atomic E-state index is -2.72. The number of methoxy groups -OCH3 is 1. The molecule has 4 rings (SSSR count). The molecular weight excluding hydrogens is 437 g/mol. The largest absolute Gasteiger partial charge is 1.00 e. The maximum Gasteiger partial charge on any atom is 1.00 e. The molecule has 1 fully saturated rings. The summed E-state index contributed by atoms with van der Waals surface area (Å²) in [6.07, 6.45) is 2.50. The zero-order valence-electron chi connectivity index (χ0n) is 16.5. The van der Waals surface area contributed by atoms with Crippen molar-refractivity contribution in [2.75, 3.05) is 7.11 Å². The van der Waals surface area contributed by atoms with Crippen molar-refractivity contribution in [3.8, 4) is 22.9 Å². The normalized spacial score (nSPS) is 17.6. The Morgan fingerprint density at radius 1 is 1.30 bits per heavy atom. The first-order valence-corrected chi connectivity index (χ1v) is 9.87. The molecule has 1 aliphatic heterocycles. The van der Waals surface area contributed by atoms with E-state index in [9.17, 15) is 8.78 Å². The van der Waals surface area contributed by atoms with Gasteiger partial charge in [-0.15, -0.1) is 11.8 Å². The Labute approximate surface area is 219 Å². The maximum atomic E-state index is 13.2. The van der Waals surface area contributed by atoms with E-state index in [4.69, 9.17) is 10.00 Å². The number of pyridine rings is 2. The Morgan fingerprint density at radius 3 is 2.77 bits per heavy atom. The van der Waals surface area contributed by atoms with E-state index in [1.165, 1.54) is 38.4 Å². The number of aromatic nitrogens is 2. The van der Waals surface area contributed by atoms with Crippen molar-refractivity contribution >= 4 is 22.6 Å². The van der Waals surface area contributed by atoms with E-state index >= 15 is 0 Å². The summed E-state index contributed by atoms with van der Waals surface area (Å²) in [6, 6.07) is 4.99. The quantitative estimate of drug-likeness (QED) is 0.665. The number of ether oxygens (including phenoxy) is 1. The molecule has 150 valence electrons. The smallest absolute Gasteiger partial charge is 0.494 e. The van der Waals surface area contributed by atoms with Crippen LogP contribution in [0.25, 0.3) is 16.4 Å². The van der Waals surface area contributed by atoms with E-state index in [1.54, 1.807) is 17.8 Å². The molecule has 7 nitrogen and oxygen atoms in total. The van der Waals surface area contributed by atoms with Crippen molar-refractivity contribution < 1.29 is 64.9 Å². The molecule has 0 amide bonds. The van der Waals surface area contributed by atoms with E-state index in [2.05, 4.69) is 25.8 Å². The van der Waals surface area contributed by atoms with Crippen LogP contribution in [0.5, 0.6) is 5.75 Å². The van der Waals surface area contributed by atoms with Crippen LogP contribution in [-0.4, -0.2) is 27.6 Å². The zero-order valence-corrected chi connectivity index (χ0v) is 20.4. The first kappa shape index (κ1) is 23.4. The number of hydrogen-bond donors (Lipinski definition) is 1. The Hall–Kier alpha value is -1.29. The average molecular weight is 455 g/mol. The van der Waals surface area contributed by atoms with Gasteiger partial charge in [-0.1, -0.05) is 0 Å². The molecule has 0 radical (unpaired) electrons. The van der Waals surface area contributed by atoms with Crippen molar-refractivity contribution in [3.63, 3.8) is 0 Å². The van der Waals surface area contributed by atoms with Crippen LogP contribution < -0.4 is 61.5 Å². The first-order chi connectivity index (χ1) is 14.1. The van der Waals surface area contributed by atoms with Crippen LogP contribution >= 0.6 is 11.8 Å². The van der Waals surface area contributed by atoms with Crippen molar-refractivity contribution in [2.24, 2.45) is 11.0 Å². The van der Waals surface area contributed by atoms with E-state index in [1.807, 2.05) is 6.07 Å². The van der Waals surface area contributed by atoms with Gasteiger partial charge in [-0.3, -0.25) is 9.97 Å². The van der Waals surface area contributed by atoms with Crippen LogP contribution in [0.2, 0.25) is 0 Å². The molecule has 30 heavy (non-hydrogen) atoms. The molecule has 1 N–H and O–H groups in total. The van der Waals surface area contributed by atoms with Gasteiger partial charge < -0.3 is 20.6 Å². The average Bonchev–Trinajstić information content (AvgIpc) is 3.48. The minimum Gasteiger partial charge on any atom is -0.494 e. The van der Waals surface area contributed by atoms with Crippen LogP contribution in [0, 0.1) is 17.2 Å². The molecule has 0 spiro atoms. The van der Waals surface area contributed by atoms with Gasteiger partial charge in [-0.25, -0.2) is 8.78 Å². The summed E-state index contributed by atoms with van der Waals surface area (Å²) in [5.41, 5.74) is 4.63. The van der Waals surface area contributed by atoms with Crippen molar-refractivity contribution in [3.05, 3.63) is 41.2 Å². The molecular formula is C19H17F2KN6OS. The summed E-state index contributed by atoms with van der Waals surface area (Å²) < 4.78 is 31.8. The molecule has 0 aromatic carbocycles. The molecule has 0 bridgehead atoms. The predicted molar refractivity (Wildman–Crippen MR) is 106 cm³/mol. The second-order valence-corrected chi connectivity index (χ2v) is 7.76. The van der Waals surface area contributed by atoms with Gasteiger partial charge >= 0.3 is 51.4 Å². The van der Waals surface area contributed by atoms with E-state index < -0.39 is 6.43 Å². The van der Waals surface area contributed by atoms with Gasteiger partial charge in [0.25, 0.3) is 6.43 Å². The fourth-order valence-corrected chi connectivity index (χ4v) is 4.02. The van der Waals surface area contributed by atoms with Crippen molar-refractivity contribution in [2.45, 2.75) is 31.1 Å². The van der Waals surface area contributed by atoms with E-state index in [0.717, 1.165) is 0 Å². The molecule has 1 unspecified atom stereocenters. The minimum absolute atomic E-state index is 0. The summed E-state index contributed by atoms with van der Waals surface area (Å²) in [6.45, 7) is 0. The van der Waals surface area contributed by atoms with E-state index in [-0.39, 0.29) is 68.9 Å². The number of alkyl halides is 2. The Bertz CT molecular complexity index is 995. The first-order valence-electron chi connectivity index (χ1n) is 8.99. The standard InChI is InChI=1S/C19H17F2N6OS.K/c1-28-16-9-24-14(17(20)21)7-13(16)12-6-11(4-5-22)23-8-15(12)25-19-27-26-18(29-19)10-2-3-10;/h6-10,17-18,26H,2-4H2,1H3;/q-1;+1. The topological polar surface area (TPSA) is 97.3 Å². The number of hydrazone groups is 1. The number of nitriles is 1. The third kappa shape index (κ3) is 5.30. The summed E-state index contributed by atoms with van der Waals surface area (Å²) in [7, 11) is 1.44. The van der Waals surface area contributed by atoms with Crippen molar-refractivity contribution in [1.29, 1.82) is 5.26 Å². The Morgan fingerprint density at radius 2 is 2.10 bits per heavy atom. The number of amidine groups is 1. The number of hydrogen-bond acceptors (Lipinski definition) is 7. The second kappa shape index (κ2) is 10.3. The van der Waals surface area contributed by atoms with Crippen LogP contribution in [0.1, 0.15) is 30.7 Å². The number of nitrogens with one attached hydrogen (secondary N) is 1. The van der Waals surface area contributed by atoms with Crippen LogP contribution in [0.3, 0.4) is 0 Å². The summed E-state index contributed by atoms with van der Waals surface area (Å²) >= 11 is 1.54. The third-order valence-corrected chi connectivity index (χ3v) is 5.75. The Kier molecular flexibility index (Phi) is 8.06. The van der Waals surface area contributed by atoms with Gasteiger partial charge in [-0.05, 0) is 47.3 Å². The second-order valence-electron chi connectivity index (χ2n) is 6.65. The Balaban J connectivity index is 0.00000256. The molecule has 1 atom stereocenters. The van der Waals surface area contributed by atoms with E-state index in [0.29, 0.717) is 39.3 Å². The number of thioether (sulfide) groups is 1. The summed E-state index contributed by atoms with van der Waals surface area (Å²) in [5, 5.41) is 18.6. The number of halogens is 2. The van der Waals surface area contributed by atoms with Crippen LogP contribution in [-0.2, 0) is 6.42 Å². The third-order valence-electron chi connectivity index (χ3n) is 4.61. The van der Waals surface area contributed by atoms with Crippen LogP contribution in [0.15, 0.2) is 29.6 Å². The molecule has 0 saturated heterocycles. The molecule has 3 heterocycles. The van der Waals surface area contributed by atoms with Gasteiger partial charge in [-0.2, -0.15) is 5.26 Å². The van der Waals surface area contributed by atoms with Gasteiger partial charge in [0.15, 0.2) is 0 Å². The predicted octanol–water partition coefficient (Wildman–Crippen LogP) is 1.51. The van der Waals surface area contributed by atoms with Crippen molar-refractivity contribution in [1.82, 2.24) is 15.4 Å². The fraction of sp³-hybridized carbons (Fsp3) is 0.368. The van der Waals surface area contributed by atoms with Crippen LogP contribution in [0.4, 0.5) is 14.5 Å². The van der Waals surface area contributed by atoms with Gasteiger partial charge in [0, 0.05) is 11.8 Å². The fourth-order valence-electron chi connectivity index (χ4n) is 2.97. The molecule has 2 aromatic heterocycles. The number of rotatable bonds is 6. The molecule has 11 heteroatoms. The summed E-state index contributed by atoms with van der Waals surface area (Å²) in [5.74, 6) is 0.927. The molecule has 2 aromatic rings. The zero-order chi connectivity index (χ0) is 20.4. The number of nitrogens with zero attached hydrogens (tertiary/aromatic N) is 5. The monoisotopic (exact) mass is 454 g/mol. The molecule has 2 aliphatic rings. The molecule has 1 aliphatic carbocycles. The van der Waals surface area contributed by atoms with Gasteiger partial charge in [0.1, 0.15) is 11.4 Å². The summed E-state index contributed by atoms with van der Waals surface area (Å²) in [4.78, 5) is 8.02. The van der Waals surface area contributed by atoms with Gasteiger partial charge in [0.05, 0.1) is 36.9 Å². The van der Waals surface area contributed by atoms with Gasteiger partial charge in [0.2, 0.25) is 0 Å². The SMILES string of the molecule is COc1cnc(C(F)F)cc1-c1cc(CC#N)ncc1[N-]C1=NNC(C2CC2)S1.[K+].